The van der Waals surface area contributed by atoms with Gasteiger partial charge < -0.3 is 15.0 Å². The number of nitrogens with zero attached hydrogens (tertiary/aromatic N) is 2. The van der Waals surface area contributed by atoms with Crippen LogP contribution in [0.25, 0.3) is 0 Å². The van der Waals surface area contributed by atoms with Gasteiger partial charge in [0, 0.05) is 38.8 Å². The van der Waals surface area contributed by atoms with Crippen LogP contribution < -0.4 is 5.32 Å². The molecule has 1 fully saturated rings. The van der Waals surface area contributed by atoms with Gasteiger partial charge in [0.2, 0.25) is 0 Å². The Balaban J connectivity index is 2.24. The largest absolute Gasteiger partial charge is 0.381 e. The monoisotopic (exact) mass is 345 g/mol. The summed E-state index contributed by atoms with van der Waals surface area (Å²) in [5, 5.41) is 3.46. The molecule has 4 heteroatoms. The van der Waals surface area contributed by atoms with E-state index in [0.29, 0.717) is 0 Å². The lowest BCUT2D eigenvalue weighted by Gasteiger charge is -2.38. The summed E-state index contributed by atoms with van der Waals surface area (Å²) in [4.78, 5) is 7.32. The molecule has 0 saturated carbocycles. The van der Waals surface area contributed by atoms with E-state index in [1.54, 1.807) is 0 Å². The molecule has 0 spiro atoms. The lowest BCUT2D eigenvalue weighted by atomic mass is 9.72. The molecule has 1 heterocycles. The molecule has 0 amide bonds. The first kappa shape index (κ1) is 19.8. The number of benzene rings is 1. The molecular formula is C21H35N3O. The number of aryl methyl sites for hydroxylation is 1. The maximum atomic E-state index is 5.67. The lowest BCUT2D eigenvalue weighted by Crippen LogP contribution is -2.42. The summed E-state index contributed by atoms with van der Waals surface area (Å²) in [5.41, 5.74) is 2.90. The highest BCUT2D eigenvalue weighted by molar-refractivity contribution is 5.79. The maximum absolute atomic E-state index is 5.67. The molecule has 1 N–H and O–H groups in total. The van der Waals surface area contributed by atoms with Crippen molar-refractivity contribution in [2.45, 2.75) is 51.9 Å². The Hall–Kier alpha value is -1.55. The smallest absolute Gasteiger partial charge is 0.193 e. The van der Waals surface area contributed by atoms with Crippen molar-refractivity contribution in [3.63, 3.8) is 0 Å². The first-order valence-corrected chi connectivity index (χ1v) is 9.76. The van der Waals surface area contributed by atoms with Gasteiger partial charge in [-0.2, -0.15) is 0 Å². The van der Waals surface area contributed by atoms with Crippen molar-refractivity contribution in [1.29, 1.82) is 0 Å². The molecule has 1 saturated heterocycles. The van der Waals surface area contributed by atoms with E-state index < -0.39 is 0 Å². The molecule has 0 unspecified atom stereocenters. The van der Waals surface area contributed by atoms with E-state index in [1.165, 1.54) is 24.0 Å². The molecular weight excluding hydrogens is 310 g/mol. The number of hydrogen-bond acceptors (Lipinski definition) is 2. The fourth-order valence-electron chi connectivity index (χ4n) is 3.64. The van der Waals surface area contributed by atoms with Crippen LogP contribution in [-0.4, -0.2) is 50.8 Å². The van der Waals surface area contributed by atoms with Gasteiger partial charge in [-0.1, -0.05) is 37.6 Å². The van der Waals surface area contributed by atoms with Crippen LogP contribution in [0.2, 0.25) is 0 Å². The van der Waals surface area contributed by atoms with Crippen molar-refractivity contribution in [3.8, 4) is 0 Å². The van der Waals surface area contributed by atoms with E-state index in [2.05, 4.69) is 62.3 Å². The van der Waals surface area contributed by atoms with Crippen molar-refractivity contribution in [1.82, 2.24) is 10.2 Å². The Morgan fingerprint density at radius 2 is 1.96 bits per heavy atom. The first-order chi connectivity index (χ1) is 12.1. The van der Waals surface area contributed by atoms with Crippen molar-refractivity contribution >= 4 is 5.96 Å². The van der Waals surface area contributed by atoms with Gasteiger partial charge in [0.05, 0.1) is 6.54 Å². The molecule has 1 aliphatic heterocycles. The van der Waals surface area contributed by atoms with Gasteiger partial charge in [0.1, 0.15) is 0 Å². The average molecular weight is 346 g/mol. The predicted molar refractivity (Wildman–Crippen MR) is 106 cm³/mol. The van der Waals surface area contributed by atoms with Gasteiger partial charge in [0.15, 0.2) is 5.96 Å². The number of nitrogens with one attached hydrogen (secondary N) is 1. The Morgan fingerprint density at radius 3 is 2.60 bits per heavy atom. The van der Waals surface area contributed by atoms with E-state index in [-0.39, 0.29) is 5.41 Å². The number of unbranched alkanes of at least 4 members (excludes halogenated alkanes) is 1. The zero-order valence-electron chi connectivity index (χ0n) is 16.5. The van der Waals surface area contributed by atoms with Crippen LogP contribution in [0.4, 0.5) is 0 Å². The van der Waals surface area contributed by atoms with Gasteiger partial charge in [-0.15, -0.1) is 0 Å². The van der Waals surface area contributed by atoms with E-state index in [0.717, 1.165) is 51.6 Å². The molecule has 25 heavy (non-hydrogen) atoms. The maximum Gasteiger partial charge on any atom is 0.193 e. The Kier molecular flexibility index (Phi) is 7.76. The highest BCUT2D eigenvalue weighted by Crippen LogP contribution is 2.37. The molecule has 0 aliphatic carbocycles. The van der Waals surface area contributed by atoms with Crippen LogP contribution in [0.1, 0.15) is 50.7 Å². The minimum absolute atomic E-state index is 0.0931. The SMILES string of the molecule is CCCCN(C)C(=NCC1(c2ccccc2C)CCOCC1)NCC. The number of rotatable bonds is 7. The molecule has 1 aromatic carbocycles. The minimum atomic E-state index is 0.0931. The molecule has 1 aromatic rings. The van der Waals surface area contributed by atoms with Crippen LogP contribution in [-0.2, 0) is 10.2 Å². The zero-order valence-corrected chi connectivity index (χ0v) is 16.5. The van der Waals surface area contributed by atoms with Crippen LogP contribution >= 0.6 is 0 Å². The second-order valence-corrected chi connectivity index (χ2v) is 7.15. The summed E-state index contributed by atoms with van der Waals surface area (Å²) in [6, 6.07) is 8.78. The molecule has 2 rings (SSSR count). The standard InChI is InChI=1S/C21H35N3O/c1-5-7-14-24(4)20(22-6-2)23-17-21(12-15-25-16-13-21)19-11-9-8-10-18(19)3/h8-11H,5-7,12-17H2,1-4H3,(H,22,23). The van der Waals surface area contributed by atoms with E-state index >= 15 is 0 Å². The highest BCUT2D eigenvalue weighted by Gasteiger charge is 2.35. The predicted octanol–water partition coefficient (Wildman–Crippen LogP) is 3.74. The molecule has 0 aromatic heterocycles. The average Bonchev–Trinajstić information content (AvgIpc) is 2.64. The number of hydrogen-bond donors (Lipinski definition) is 1. The van der Waals surface area contributed by atoms with Gasteiger partial charge in [-0.05, 0) is 44.2 Å². The molecule has 0 atom stereocenters. The van der Waals surface area contributed by atoms with Crippen molar-refractivity contribution < 1.29 is 4.74 Å². The molecule has 0 radical (unpaired) electrons. The van der Waals surface area contributed by atoms with Crippen molar-refractivity contribution in [3.05, 3.63) is 35.4 Å². The zero-order chi connectivity index (χ0) is 18.1. The number of guanidine groups is 1. The van der Waals surface area contributed by atoms with Crippen LogP contribution in [0.3, 0.4) is 0 Å². The third kappa shape index (κ3) is 5.21. The normalized spacial score (nSPS) is 17.4. The quantitative estimate of drug-likeness (QED) is 0.604. The van der Waals surface area contributed by atoms with E-state index in [1.807, 2.05) is 0 Å². The molecule has 0 bridgehead atoms. The Labute approximate surface area is 153 Å². The third-order valence-electron chi connectivity index (χ3n) is 5.24. The topological polar surface area (TPSA) is 36.9 Å². The van der Waals surface area contributed by atoms with Gasteiger partial charge >= 0.3 is 0 Å². The summed E-state index contributed by atoms with van der Waals surface area (Å²) >= 11 is 0. The molecule has 1 aliphatic rings. The van der Waals surface area contributed by atoms with Crippen LogP contribution in [0.5, 0.6) is 0 Å². The molecule has 140 valence electrons. The fraction of sp³-hybridized carbons (Fsp3) is 0.667. The second-order valence-electron chi connectivity index (χ2n) is 7.15. The first-order valence-electron chi connectivity index (χ1n) is 9.76. The minimum Gasteiger partial charge on any atom is -0.381 e. The van der Waals surface area contributed by atoms with Crippen LogP contribution in [0, 0.1) is 6.92 Å². The number of ether oxygens (including phenoxy) is 1. The summed E-state index contributed by atoms with van der Waals surface area (Å²) in [5.74, 6) is 1.02. The summed E-state index contributed by atoms with van der Waals surface area (Å²) < 4.78 is 5.67. The van der Waals surface area contributed by atoms with E-state index in [4.69, 9.17) is 9.73 Å². The fourth-order valence-corrected chi connectivity index (χ4v) is 3.64. The summed E-state index contributed by atoms with van der Waals surface area (Å²) in [6.07, 6.45) is 4.48. The van der Waals surface area contributed by atoms with Gasteiger partial charge in [0.25, 0.3) is 0 Å². The van der Waals surface area contributed by atoms with Gasteiger partial charge in [-0.25, -0.2) is 0 Å². The van der Waals surface area contributed by atoms with Gasteiger partial charge in [-0.3, -0.25) is 4.99 Å². The Bertz CT molecular complexity index is 550. The Morgan fingerprint density at radius 1 is 1.24 bits per heavy atom. The number of aliphatic imine (C=N–C) groups is 1. The third-order valence-corrected chi connectivity index (χ3v) is 5.24. The van der Waals surface area contributed by atoms with Crippen LogP contribution in [0.15, 0.2) is 29.3 Å². The molecule has 4 nitrogen and oxygen atoms in total. The van der Waals surface area contributed by atoms with Crippen molar-refractivity contribution in [2.24, 2.45) is 4.99 Å². The second kappa shape index (κ2) is 9.81. The lowest BCUT2D eigenvalue weighted by molar-refractivity contribution is 0.0528. The summed E-state index contributed by atoms with van der Waals surface area (Å²) in [6.45, 7) is 11.0. The highest BCUT2D eigenvalue weighted by atomic mass is 16.5. The summed E-state index contributed by atoms with van der Waals surface area (Å²) in [7, 11) is 2.14. The van der Waals surface area contributed by atoms with Crippen molar-refractivity contribution in [2.75, 3.05) is 39.9 Å². The van der Waals surface area contributed by atoms with E-state index in [9.17, 15) is 0 Å².